The maximum Gasteiger partial charge on any atom is 0.333 e. The molecule has 0 bridgehead atoms. The maximum absolute atomic E-state index is 12.1. The highest BCUT2D eigenvalue weighted by Gasteiger charge is 2.30. The van der Waals surface area contributed by atoms with Gasteiger partial charge in [0, 0.05) is 37.2 Å². The van der Waals surface area contributed by atoms with Gasteiger partial charge in [0.25, 0.3) is 0 Å². The normalized spacial score (nSPS) is 12.8. The Hall–Kier alpha value is -2.11. The Labute approximate surface area is 129 Å². The van der Waals surface area contributed by atoms with Crippen molar-refractivity contribution in [2.45, 2.75) is 39.5 Å². The summed E-state index contributed by atoms with van der Waals surface area (Å²) in [5.41, 5.74) is 0.194. The van der Waals surface area contributed by atoms with Crippen LogP contribution in [0.1, 0.15) is 39.5 Å². The van der Waals surface area contributed by atoms with Crippen molar-refractivity contribution in [3.63, 3.8) is 0 Å². The standard InChI is InChI=1S/C16H22O6/c1-11(2)16(21)22-10-13(15(20)7-5-9-18)12(3)14(19)6-4-8-17/h8-9,12-13H,1,4-7,10H2,2-3H3. The lowest BCUT2D eigenvalue weighted by molar-refractivity contribution is -0.145. The van der Waals surface area contributed by atoms with Gasteiger partial charge in [-0.1, -0.05) is 13.5 Å². The molecule has 0 amide bonds. The Morgan fingerprint density at radius 2 is 1.55 bits per heavy atom. The Morgan fingerprint density at radius 3 is 2.00 bits per heavy atom. The van der Waals surface area contributed by atoms with E-state index >= 15 is 0 Å². The third-order valence-corrected chi connectivity index (χ3v) is 3.28. The third-order valence-electron chi connectivity index (χ3n) is 3.28. The van der Waals surface area contributed by atoms with Gasteiger partial charge in [-0.05, 0) is 6.92 Å². The number of carbonyl (C=O) groups excluding carboxylic acids is 5. The molecule has 6 nitrogen and oxygen atoms in total. The lowest BCUT2D eigenvalue weighted by Crippen LogP contribution is -2.32. The summed E-state index contributed by atoms with van der Waals surface area (Å²) in [6.07, 6.45) is 1.42. The number of esters is 1. The fourth-order valence-electron chi connectivity index (χ4n) is 1.84. The van der Waals surface area contributed by atoms with Gasteiger partial charge in [0.1, 0.15) is 30.7 Å². The molecule has 0 heterocycles. The molecule has 0 aliphatic heterocycles. The van der Waals surface area contributed by atoms with Crippen molar-refractivity contribution in [1.82, 2.24) is 0 Å². The van der Waals surface area contributed by atoms with E-state index in [0.29, 0.717) is 12.6 Å². The number of hydrogen-bond acceptors (Lipinski definition) is 6. The van der Waals surface area contributed by atoms with Crippen LogP contribution >= 0.6 is 0 Å². The fraction of sp³-hybridized carbons (Fsp3) is 0.562. The molecule has 0 spiro atoms. The smallest absolute Gasteiger partial charge is 0.333 e. The summed E-state index contributed by atoms with van der Waals surface area (Å²) < 4.78 is 4.97. The molecule has 0 aliphatic rings. The quantitative estimate of drug-likeness (QED) is 0.308. The average molecular weight is 310 g/mol. The van der Waals surface area contributed by atoms with Gasteiger partial charge in [0.15, 0.2) is 0 Å². The van der Waals surface area contributed by atoms with Crippen molar-refractivity contribution < 1.29 is 28.7 Å². The SMILES string of the molecule is C=C(C)C(=O)OCC(C(=O)CCC=O)C(C)C(=O)CCC=O. The van der Waals surface area contributed by atoms with Gasteiger partial charge in [0.05, 0.1) is 5.92 Å². The summed E-state index contributed by atoms with van der Waals surface area (Å²) in [5, 5.41) is 0. The zero-order chi connectivity index (χ0) is 17.1. The van der Waals surface area contributed by atoms with Crippen molar-refractivity contribution in [2.24, 2.45) is 11.8 Å². The van der Waals surface area contributed by atoms with Crippen molar-refractivity contribution in [1.29, 1.82) is 0 Å². The lowest BCUT2D eigenvalue weighted by atomic mass is 9.84. The summed E-state index contributed by atoms with van der Waals surface area (Å²) in [6, 6.07) is 0. The van der Waals surface area contributed by atoms with E-state index in [1.165, 1.54) is 6.92 Å². The minimum atomic E-state index is -0.817. The number of hydrogen-bond donors (Lipinski definition) is 0. The topological polar surface area (TPSA) is 94.6 Å². The molecule has 2 atom stereocenters. The number of ketones is 2. The Morgan fingerprint density at radius 1 is 1.05 bits per heavy atom. The molecule has 0 saturated heterocycles. The van der Waals surface area contributed by atoms with Gasteiger partial charge >= 0.3 is 5.97 Å². The molecule has 0 aromatic heterocycles. The van der Waals surface area contributed by atoms with E-state index in [4.69, 9.17) is 4.74 Å². The van der Waals surface area contributed by atoms with Crippen molar-refractivity contribution in [3.8, 4) is 0 Å². The monoisotopic (exact) mass is 310 g/mol. The van der Waals surface area contributed by atoms with Gasteiger partial charge in [-0.15, -0.1) is 0 Å². The molecule has 0 fully saturated rings. The first-order valence-electron chi connectivity index (χ1n) is 7.10. The molecule has 0 saturated carbocycles. The number of ether oxygens (including phenoxy) is 1. The predicted octanol–water partition coefficient (Wildman–Crippen LogP) is 1.45. The molecule has 6 heteroatoms. The number of Topliss-reactive ketones (excluding diaryl/α,β-unsaturated/α-hetero) is 2. The second-order valence-corrected chi connectivity index (χ2v) is 5.12. The van der Waals surface area contributed by atoms with Crippen LogP contribution in [0.2, 0.25) is 0 Å². The molecule has 122 valence electrons. The molecule has 0 rings (SSSR count). The van der Waals surface area contributed by atoms with Crippen LogP contribution in [0, 0.1) is 11.8 Å². The number of rotatable bonds is 12. The van der Waals surface area contributed by atoms with Crippen LogP contribution in [-0.4, -0.2) is 36.7 Å². The minimum absolute atomic E-state index is 0.00983. The highest BCUT2D eigenvalue weighted by molar-refractivity contribution is 5.91. The Kier molecular flexibility index (Phi) is 9.58. The van der Waals surface area contributed by atoms with E-state index in [1.807, 2.05) is 0 Å². The van der Waals surface area contributed by atoms with Crippen molar-refractivity contribution in [3.05, 3.63) is 12.2 Å². The summed E-state index contributed by atoms with van der Waals surface area (Å²) in [5.74, 6) is -2.70. The highest BCUT2D eigenvalue weighted by atomic mass is 16.5. The molecular weight excluding hydrogens is 288 g/mol. The second kappa shape index (κ2) is 10.6. The van der Waals surface area contributed by atoms with E-state index in [-0.39, 0.29) is 49.4 Å². The molecule has 0 aliphatic carbocycles. The van der Waals surface area contributed by atoms with E-state index in [2.05, 4.69) is 6.58 Å². The van der Waals surface area contributed by atoms with E-state index in [1.54, 1.807) is 6.92 Å². The first-order valence-corrected chi connectivity index (χ1v) is 7.10. The fourth-order valence-corrected chi connectivity index (χ4v) is 1.84. The number of carbonyl (C=O) groups is 5. The molecule has 0 aromatic carbocycles. The van der Waals surface area contributed by atoms with Crippen LogP contribution in [0.4, 0.5) is 0 Å². The molecule has 2 unspecified atom stereocenters. The molecule has 22 heavy (non-hydrogen) atoms. The van der Waals surface area contributed by atoms with Crippen LogP contribution in [-0.2, 0) is 28.7 Å². The molecule has 0 N–H and O–H groups in total. The summed E-state index contributed by atoms with van der Waals surface area (Å²) in [7, 11) is 0. The zero-order valence-corrected chi connectivity index (χ0v) is 13.0. The van der Waals surface area contributed by atoms with Crippen LogP contribution in [0.25, 0.3) is 0 Å². The van der Waals surface area contributed by atoms with E-state index in [0.717, 1.165) is 0 Å². The van der Waals surface area contributed by atoms with Gasteiger partial charge in [-0.2, -0.15) is 0 Å². The largest absolute Gasteiger partial charge is 0.462 e. The van der Waals surface area contributed by atoms with Crippen molar-refractivity contribution >= 4 is 30.1 Å². The average Bonchev–Trinajstić information content (AvgIpc) is 2.49. The van der Waals surface area contributed by atoms with E-state index < -0.39 is 17.8 Å². The highest BCUT2D eigenvalue weighted by Crippen LogP contribution is 2.19. The summed E-state index contributed by atoms with van der Waals surface area (Å²) >= 11 is 0. The Bertz CT molecular complexity index is 452. The van der Waals surface area contributed by atoms with Gasteiger partial charge in [-0.25, -0.2) is 4.79 Å². The molecule has 0 radical (unpaired) electrons. The van der Waals surface area contributed by atoms with Crippen LogP contribution in [0.5, 0.6) is 0 Å². The third kappa shape index (κ3) is 7.06. The van der Waals surface area contributed by atoms with Gasteiger partial charge < -0.3 is 14.3 Å². The first kappa shape index (κ1) is 19.9. The predicted molar refractivity (Wildman–Crippen MR) is 79.0 cm³/mol. The van der Waals surface area contributed by atoms with Gasteiger partial charge in [-0.3, -0.25) is 9.59 Å². The van der Waals surface area contributed by atoms with Crippen LogP contribution in [0.3, 0.4) is 0 Å². The van der Waals surface area contributed by atoms with Crippen LogP contribution < -0.4 is 0 Å². The van der Waals surface area contributed by atoms with Gasteiger partial charge in [0.2, 0.25) is 0 Å². The lowest BCUT2D eigenvalue weighted by Gasteiger charge is -2.21. The second-order valence-electron chi connectivity index (χ2n) is 5.12. The summed E-state index contributed by atoms with van der Waals surface area (Å²) in [4.78, 5) is 56.2. The molecular formula is C16H22O6. The first-order chi connectivity index (χ1) is 10.3. The van der Waals surface area contributed by atoms with E-state index in [9.17, 15) is 24.0 Å². The maximum atomic E-state index is 12.1. The number of aldehydes is 2. The summed E-state index contributed by atoms with van der Waals surface area (Å²) in [6.45, 7) is 6.23. The zero-order valence-electron chi connectivity index (χ0n) is 13.0. The van der Waals surface area contributed by atoms with Crippen molar-refractivity contribution in [2.75, 3.05) is 6.61 Å². The van der Waals surface area contributed by atoms with Crippen LogP contribution in [0.15, 0.2) is 12.2 Å². The Balaban J connectivity index is 4.89. The molecule has 0 aromatic rings. The minimum Gasteiger partial charge on any atom is -0.462 e.